The van der Waals surface area contributed by atoms with Crippen LogP contribution in [0.5, 0.6) is 0 Å². The summed E-state index contributed by atoms with van der Waals surface area (Å²) < 4.78 is 0. The summed E-state index contributed by atoms with van der Waals surface area (Å²) in [6.07, 6.45) is 5.63. The summed E-state index contributed by atoms with van der Waals surface area (Å²) in [5.74, 6) is -0.774. The zero-order valence-electron chi connectivity index (χ0n) is 17.0. The minimum Gasteiger partial charge on any atom is -0.349 e. The molecule has 0 radical (unpaired) electrons. The largest absolute Gasteiger partial charge is 0.349 e. The number of nitrogens with one attached hydrogen (secondary N) is 3. The third-order valence-corrected chi connectivity index (χ3v) is 5.15. The number of carbonyl (C=O) groups excluding carboxylic acids is 3. The van der Waals surface area contributed by atoms with Crippen LogP contribution in [0.25, 0.3) is 0 Å². The molecule has 28 heavy (non-hydrogen) atoms. The fourth-order valence-corrected chi connectivity index (χ4v) is 3.24. The molecule has 5 N–H and O–H groups in total. The Morgan fingerprint density at radius 2 is 1.82 bits per heavy atom. The van der Waals surface area contributed by atoms with Crippen LogP contribution in [0.1, 0.15) is 61.9 Å². The normalized spacial score (nSPS) is 15.8. The van der Waals surface area contributed by atoms with Gasteiger partial charge in [0.05, 0.1) is 12.6 Å². The van der Waals surface area contributed by atoms with Gasteiger partial charge in [0.15, 0.2) is 0 Å². The maximum atomic E-state index is 12.4. The molecule has 1 aliphatic carbocycles. The van der Waals surface area contributed by atoms with Gasteiger partial charge in [0.25, 0.3) is 5.91 Å². The van der Waals surface area contributed by atoms with Gasteiger partial charge in [-0.1, -0.05) is 33.1 Å². The van der Waals surface area contributed by atoms with E-state index in [0.29, 0.717) is 11.3 Å². The van der Waals surface area contributed by atoms with E-state index >= 15 is 0 Å². The van der Waals surface area contributed by atoms with Crippen molar-refractivity contribution in [3.63, 3.8) is 0 Å². The Kier molecular flexibility index (Phi) is 7.99. The van der Waals surface area contributed by atoms with Crippen molar-refractivity contribution < 1.29 is 14.4 Å². The molecular formula is C21H32N4O3. The van der Waals surface area contributed by atoms with Gasteiger partial charge in [0.2, 0.25) is 11.8 Å². The number of amides is 3. The zero-order valence-corrected chi connectivity index (χ0v) is 17.0. The fourth-order valence-electron chi connectivity index (χ4n) is 3.24. The zero-order chi connectivity index (χ0) is 20.7. The fraction of sp³-hybridized carbons (Fsp3) is 0.571. The molecule has 154 valence electrons. The molecule has 1 atom stereocenters. The van der Waals surface area contributed by atoms with Gasteiger partial charge < -0.3 is 21.7 Å². The van der Waals surface area contributed by atoms with Gasteiger partial charge in [-0.25, -0.2) is 0 Å². The second-order valence-corrected chi connectivity index (χ2v) is 7.87. The van der Waals surface area contributed by atoms with Gasteiger partial charge in [0.1, 0.15) is 0 Å². The highest BCUT2D eigenvalue weighted by Gasteiger charge is 2.19. The predicted octanol–water partition coefficient (Wildman–Crippen LogP) is 2.10. The van der Waals surface area contributed by atoms with Crippen molar-refractivity contribution in [2.24, 2.45) is 11.7 Å². The summed E-state index contributed by atoms with van der Waals surface area (Å²) in [4.78, 5) is 36.4. The van der Waals surface area contributed by atoms with Gasteiger partial charge >= 0.3 is 0 Å². The lowest BCUT2D eigenvalue weighted by atomic mass is 9.95. The molecule has 0 unspecified atom stereocenters. The average Bonchev–Trinajstić information content (AvgIpc) is 2.67. The molecule has 2 rings (SSSR count). The lowest BCUT2D eigenvalue weighted by Gasteiger charge is -2.23. The molecule has 0 spiro atoms. The van der Waals surface area contributed by atoms with E-state index in [1.165, 1.54) is 6.42 Å². The molecule has 1 saturated carbocycles. The van der Waals surface area contributed by atoms with Gasteiger partial charge in [-0.2, -0.15) is 0 Å². The van der Waals surface area contributed by atoms with Crippen molar-refractivity contribution in [1.82, 2.24) is 10.6 Å². The number of hydrogen-bond donors (Lipinski definition) is 4. The van der Waals surface area contributed by atoms with Crippen LogP contribution in [-0.4, -0.2) is 36.3 Å². The van der Waals surface area contributed by atoms with E-state index in [9.17, 15) is 14.4 Å². The van der Waals surface area contributed by atoms with Crippen molar-refractivity contribution in [3.8, 4) is 0 Å². The number of benzene rings is 1. The van der Waals surface area contributed by atoms with Crippen LogP contribution in [0.15, 0.2) is 18.2 Å². The average molecular weight is 389 g/mol. The smallest absolute Gasteiger partial charge is 0.251 e. The van der Waals surface area contributed by atoms with Crippen LogP contribution >= 0.6 is 0 Å². The lowest BCUT2D eigenvalue weighted by molar-refractivity contribution is -0.125. The van der Waals surface area contributed by atoms with Crippen LogP contribution in [0.2, 0.25) is 0 Å². The first-order chi connectivity index (χ1) is 13.3. The SMILES string of the molecule is Cc1cc(C(=O)NC2CCCCC2)ccc1NC(=O)CNC(=O)[C@@H](N)C(C)C. The Morgan fingerprint density at radius 1 is 1.14 bits per heavy atom. The minimum atomic E-state index is -0.642. The molecule has 1 fully saturated rings. The van der Waals surface area contributed by atoms with Crippen LogP contribution in [-0.2, 0) is 9.59 Å². The second kappa shape index (κ2) is 10.2. The summed E-state index contributed by atoms with van der Waals surface area (Å²) in [6.45, 7) is 5.38. The Balaban J connectivity index is 1.88. The first-order valence-electron chi connectivity index (χ1n) is 10.0. The third-order valence-electron chi connectivity index (χ3n) is 5.15. The van der Waals surface area contributed by atoms with Crippen LogP contribution in [0, 0.1) is 12.8 Å². The lowest BCUT2D eigenvalue weighted by Crippen LogP contribution is -2.46. The highest BCUT2D eigenvalue weighted by Crippen LogP contribution is 2.20. The maximum absolute atomic E-state index is 12.4. The van der Waals surface area contributed by atoms with Crippen molar-refractivity contribution >= 4 is 23.4 Å². The van der Waals surface area contributed by atoms with Gasteiger partial charge in [-0.3, -0.25) is 14.4 Å². The summed E-state index contributed by atoms with van der Waals surface area (Å²) in [7, 11) is 0. The Labute approximate surface area is 166 Å². The summed E-state index contributed by atoms with van der Waals surface area (Å²) >= 11 is 0. The number of aryl methyl sites for hydroxylation is 1. The van der Waals surface area contributed by atoms with Gasteiger partial charge in [-0.05, 0) is 49.4 Å². The van der Waals surface area contributed by atoms with Crippen molar-refractivity contribution in [2.45, 2.75) is 65.0 Å². The highest BCUT2D eigenvalue weighted by atomic mass is 16.2. The van der Waals surface area contributed by atoms with Crippen LogP contribution in [0.4, 0.5) is 5.69 Å². The van der Waals surface area contributed by atoms with Gasteiger partial charge in [-0.15, -0.1) is 0 Å². The Hall–Kier alpha value is -2.41. The number of anilines is 1. The Morgan fingerprint density at radius 3 is 2.43 bits per heavy atom. The molecule has 0 saturated heterocycles. The van der Waals surface area contributed by atoms with Crippen molar-refractivity contribution in [3.05, 3.63) is 29.3 Å². The van der Waals surface area contributed by atoms with E-state index in [1.54, 1.807) is 18.2 Å². The van der Waals surface area contributed by atoms with Gasteiger partial charge in [0, 0.05) is 17.3 Å². The van der Waals surface area contributed by atoms with E-state index in [1.807, 2.05) is 20.8 Å². The molecule has 0 heterocycles. The maximum Gasteiger partial charge on any atom is 0.251 e. The first kappa shape index (κ1) is 21.9. The molecule has 7 heteroatoms. The molecule has 0 aliphatic heterocycles. The number of carbonyl (C=O) groups is 3. The molecule has 0 aromatic heterocycles. The quantitative estimate of drug-likeness (QED) is 0.573. The van der Waals surface area contributed by atoms with Crippen molar-refractivity contribution in [2.75, 3.05) is 11.9 Å². The molecule has 0 bridgehead atoms. The van der Waals surface area contributed by atoms with E-state index < -0.39 is 6.04 Å². The number of hydrogen-bond acceptors (Lipinski definition) is 4. The monoisotopic (exact) mass is 388 g/mol. The molecule has 3 amide bonds. The van der Waals surface area contributed by atoms with E-state index in [2.05, 4.69) is 16.0 Å². The summed E-state index contributed by atoms with van der Waals surface area (Å²) in [5.41, 5.74) is 7.73. The van der Waals surface area contributed by atoms with E-state index in [4.69, 9.17) is 5.73 Å². The second-order valence-electron chi connectivity index (χ2n) is 7.87. The minimum absolute atomic E-state index is 0.00222. The summed E-state index contributed by atoms with van der Waals surface area (Å²) in [6, 6.07) is 4.79. The molecule has 1 aromatic rings. The molecule has 1 aliphatic rings. The summed E-state index contributed by atoms with van der Waals surface area (Å²) in [5, 5.41) is 8.38. The topological polar surface area (TPSA) is 113 Å². The first-order valence-corrected chi connectivity index (χ1v) is 10.0. The molecule has 1 aromatic carbocycles. The Bertz CT molecular complexity index is 712. The highest BCUT2D eigenvalue weighted by molar-refractivity contribution is 5.98. The molecule has 7 nitrogen and oxygen atoms in total. The van der Waals surface area contributed by atoms with E-state index in [0.717, 1.165) is 31.2 Å². The van der Waals surface area contributed by atoms with Crippen molar-refractivity contribution in [1.29, 1.82) is 0 Å². The number of nitrogens with two attached hydrogens (primary N) is 1. The number of rotatable bonds is 7. The predicted molar refractivity (Wildman–Crippen MR) is 110 cm³/mol. The standard InChI is InChI=1S/C21H32N4O3/c1-13(2)19(22)21(28)23-12-18(26)25-17-10-9-15(11-14(17)3)20(27)24-16-7-5-4-6-8-16/h9-11,13,16,19H,4-8,12,22H2,1-3H3,(H,23,28)(H,24,27)(H,25,26)/t19-/m0/s1. The van der Waals surface area contributed by atoms with Crippen LogP contribution < -0.4 is 21.7 Å². The third kappa shape index (κ3) is 6.34. The van der Waals surface area contributed by atoms with Crippen LogP contribution in [0.3, 0.4) is 0 Å². The van der Waals surface area contributed by atoms with E-state index in [-0.39, 0.29) is 36.2 Å². The molecular weight excluding hydrogens is 356 g/mol.